The molecule has 3 atom stereocenters. The van der Waals surface area contributed by atoms with Crippen LogP contribution in [0.3, 0.4) is 0 Å². The maximum atomic E-state index is 14.7. The molecule has 0 saturated heterocycles. The molecule has 4 heterocycles. The summed E-state index contributed by atoms with van der Waals surface area (Å²) in [6.07, 6.45) is 8.15. The number of aromatic nitrogens is 5. The maximum absolute atomic E-state index is 14.7. The van der Waals surface area contributed by atoms with Crippen molar-refractivity contribution in [3.63, 3.8) is 0 Å². The van der Waals surface area contributed by atoms with Gasteiger partial charge in [0.1, 0.15) is 11.8 Å². The van der Waals surface area contributed by atoms with E-state index in [2.05, 4.69) is 21.0 Å². The molecule has 2 aliphatic carbocycles. The van der Waals surface area contributed by atoms with Crippen LogP contribution in [0.4, 0.5) is 4.39 Å². The Balaban J connectivity index is 1.53. The number of hydrogen-bond donors (Lipinski definition) is 3. The summed E-state index contributed by atoms with van der Waals surface area (Å²) in [5.74, 6) is 0.943. The molecule has 2 aliphatic rings. The Bertz CT molecular complexity index is 1600. The fraction of sp³-hybridized carbons (Fsp3) is 0.333. The monoisotopic (exact) mass is 467 g/mol. The van der Waals surface area contributed by atoms with Crippen LogP contribution >= 0.6 is 0 Å². The molecule has 4 aromatic heterocycles. The van der Waals surface area contributed by atoms with Crippen molar-refractivity contribution >= 4 is 32.8 Å². The van der Waals surface area contributed by atoms with Crippen molar-refractivity contribution < 1.29 is 4.39 Å². The van der Waals surface area contributed by atoms with Crippen molar-refractivity contribution in [3.05, 3.63) is 60.2 Å². The van der Waals surface area contributed by atoms with Crippen molar-refractivity contribution in [2.45, 2.75) is 55.8 Å². The quantitative estimate of drug-likeness (QED) is 0.357. The maximum Gasteiger partial charge on any atom is 0.161 e. The van der Waals surface area contributed by atoms with Gasteiger partial charge in [-0.15, -0.1) is 0 Å². The zero-order valence-electron chi connectivity index (χ0n) is 19.2. The van der Waals surface area contributed by atoms with Gasteiger partial charge in [-0.25, -0.2) is 19.3 Å². The van der Waals surface area contributed by atoms with Gasteiger partial charge >= 0.3 is 0 Å². The number of halogens is 1. The number of pyridine rings is 2. The van der Waals surface area contributed by atoms with E-state index in [1.54, 1.807) is 12.4 Å². The second kappa shape index (κ2) is 7.50. The minimum Gasteiger partial charge on any atom is -0.339 e. The average molecular weight is 468 g/mol. The third-order valence-corrected chi connectivity index (χ3v) is 7.92. The van der Waals surface area contributed by atoms with E-state index >= 15 is 0 Å². The summed E-state index contributed by atoms with van der Waals surface area (Å²) in [7, 11) is 0. The third kappa shape index (κ3) is 3.10. The number of nitrogens with two attached hydrogens (primary N) is 2. The lowest BCUT2D eigenvalue weighted by Crippen LogP contribution is -2.37. The fourth-order valence-electron chi connectivity index (χ4n) is 5.90. The van der Waals surface area contributed by atoms with E-state index in [1.807, 2.05) is 30.5 Å². The van der Waals surface area contributed by atoms with Gasteiger partial charge < -0.3 is 16.5 Å². The molecule has 2 fully saturated rings. The van der Waals surface area contributed by atoms with E-state index < -0.39 is 17.8 Å². The summed E-state index contributed by atoms with van der Waals surface area (Å²) in [6.45, 7) is 0. The molecule has 7 rings (SSSR count). The number of aromatic amines is 1. The predicted octanol–water partition coefficient (Wildman–Crippen LogP) is 4.60. The van der Waals surface area contributed by atoms with Gasteiger partial charge in [0.05, 0.1) is 22.9 Å². The number of fused-ring (bicyclic) bond motifs is 4. The topological polar surface area (TPSA) is 119 Å². The molecule has 1 aromatic carbocycles. The summed E-state index contributed by atoms with van der Waals surface area (Å²) in [6, 6.07) is 9.40. The predicted molar refractivity (Wildman–Crippen MR) is 134 cm³/mol. The van der Waals surface area contributed by atoms with Gasteiger partial charge in [0.25, 0.3) is 0 Å². The lowest BCUT2D eigenvalue weighted by molar-refractivity contribution is 0.300. The minimum absolute atomic E-state index is 0.144. The number of para-hydroxylation sites is 1. The van der Waals surface area contributed by atoms with Gasteiger partial charge in [0.15, 0.2) is 5.82 Å². The summed E-state index contributed by atoms with van der Waals surface area (Å²) in [5, 5.41) is 2.92. The zero-order valence-corrected chi connectivity index (χ0v) is 19.2. The van der Waals surface area contributed by atoms with E-state index in [-0.39, 0.29) is 6.42 Å². The molecular formula is C27H26FN7. The Morgan fingerprint density at radius 1 is 1.03 bits per heavy atom. The van der Waals surface area contributed by atoms with Crippen LogP contribution in [0.15, 0.2) is 48.9 Å². The molecule has 3 unspecified atom stereocenters. The summed E-state index contributed by atoms with van der Waals surface area (Å²) in [5.41, 5.74) is 17.2. The van der Waals surface area contributed by atoms with Gasteiger partial charge in [-0.3, -0.25) is 4.98 Å². The van der Waals surface area contributed by atoms with E-state index in [0.29, 0.717) is 23.9 Å². The summed E-state index contributed by atoms with van der Waals surface area (Å²) >= 11 is 0. The van der Waals surface area contributed by atoms with Crippen molar-refractivity contribution in [3.8, 4) is 11.4 Å². The smallest absolute Gasteiger partial charge is 0.161 e. The Morgan fingerprint density at radius 2 is 1.89 bits per heavy atom. The first-order chi connectivity index (χ1) is 17.0. The molecule has 176 valence electrons. The van der Waals surface area contributed by atoms with Crippen molar-refractivity contribution in [2.75, 3.05) is 0 Å². The number of rotatable bonds is 3. The molecule has 5 aromatic rings. The average Bonchev–Trinajstić information content (AvgIpc) is 3.33. The Labute approximate surface area is 201 Å². The molecule has 0 amide bonds. The fourth-order valence-corrected chi connectivity index (χ4v) is 5.90. The molecule has 35 heavy (non-hydrogen) atoms. The Morgan fingerprint density at radius 3 is 2.66 bits per heavy atom. The van der Waals surface area contributed by atoms with E-state index in [4.69, 9.17) is 21.4 Å². The second-order valence-corrected chi connectivity index (χ2v) is 10.1. The zero-order chi connectivity index (χ0) is 23.7. The standard InChI is InChI=1S/C27H26FN7/c28-18-10-27(30,11-19(18)29)24-23-17(14-4-3-5-14)12-31-13-21(23)34-25(35-24)16-8-9-32-26-22(16)15-6-1-2-7-20(15)33-26/h1-2,6-9,12-14,18-19H,3-5,10-11,29-30H2,(H,32,33). The van der Waals surface area contributed by atoms with Crippen LogP contribution in [-0.4, -0.2) is 37.1 Å². The number of H-pyrrole nitrogens is 1. The first-order valence-corrected chi connectivity index (χ1v) is 12.2. The van der Waals surface area contributed by atoms with Crippen LogP contribution in [0.25, 0.3) is 44.2 Å². The molecule has 0 spiro atoms. The number of benzene rings is 1. The Kier molecular flexibility index (Phi) is 4.47. The number of hydrogen-bond acceptors (Lipinski definition) is 6. The van der Waals surface area contributed by atoms with E-state index in [0.717, 1.165) is 56.8 Å². The highest BCUT2D eigenvalue weighted by molar-refractivity contribution is 6.12. The lowest BCUT2D eigenvalue weighted by atomic mass is 9.77. The van der Waals surface area contributed by atoms with Crippen LogP contribution < -0.4 is 11.5 Å². The van der Waals surface area contributed by atoms with Crippen molar-refractivity contribution in [1.29, 1.82) is 0 Å². The molecule has 5 N–H and O–H groups in total. The Hall–Kier alpha value is -3.49. The minimum atomic E-state index is -1.16. The lowest BCUT2D eigenvalue weighted by Gasteiger charge is -2.30. The molecule has 0 bridgehead atoms. The van der Waals surface area contributed by atoms with Crippen LogP contribution in [0, 0.1) is 0 Å². The van der Waals surface area contributed by atoms with Gasteiger partial charge in [-0.2, -0.15) is 0 Å². The molecule has 7 nitrogen and oxygen atoms in total. The first kappa shape index (κ1) is 20.8. The number of nitrogens with one attached hydrogen (secondary N) is 1. The summed E-state index contributed by atoms with van der Waals surface area (Å²) in [4.78, 5) is 22.5. The van der Waals surface area contributed by atoms with Gasteiger partial charge in [-0.05, 0) is 42.9 Å². The molecule has 0 aliphatic heterocycles. The highest BCUT2D eigenvalue weighted by Crippen LogP contribution is 2.45. The van der Waals surface area contributed by atoms with Gasteiger partial charge in [0, 0.05) is 52.1 Å². The van der Waals surface area contributed by atoms with E-state index in [9.17, 15) is 4.39 Å². The number of nitrogens with zero attached hydrogens (tertiary/aromatic N) is 4. The van der Waals surface area contributed by atoms with Gasteiger partial charge in [0.2, 0.25) is 0 Å². The van der Waals surface area contributed by atoms with Crippen molar-refractivity contribution in [1.82, 2.24) is 24.9 Å². The second-order valence-electron chi connectivity index (χ2n) is 10.1. The van der Waals surface area contributed by atoms with Crippen molar-refractivity contribution in [2.24, 2.45) is 11.5 Å². The highest BCUT2D eigenvalue weighted by Gasteiger charge is 2.45. The summed E-state index contributed by atoms with van der Waals surface area (Å²) < 4.78 is 14.7. The van der Waals surface area contributed by atoms with Crippen LogP contribution in [0.5, 0.6) is 0 Å². The van der Waals surface area contributed by atoms with E-state index in [1.165, 1.54) is 6.42 Å². The molecule has 2 saturated carbocycles. The normalized spacial score (nSPS) is 25.0. The first-order valence-electron chi connectivity index (χ1n) is 12.2. The van der Waals surface area contributed by atoms with Crippen LogP contribution in [0.2, 0.25) is 0 Å². The molecule has 0 radical (unpaired) electrons. The largest absolute Gasteiger partial charge is 0.339 e. The highest BCUT2D eigenvalue weighted by atomic mass is 19.1. The van der Waals surface area contributed by atoms with Crippen LogP contribution in [-0.2, 0) is 5.54 Å². The number of alkyl halides is 1. The molecular weight excluding hydrogens is 441 g/mol. The molecule has 8 heteroatoms. The van der Waals surface area contributed by atoms with Crippen LogP contribution in [0.1, 0.15) is 49.3 Å². The SMILES string of the molecule is NC1CC(N)(c2nc(-c3ccnc4[nH]c5ccccc5c34)nc3cncc(C4CCC4)c23)CC1F. The van der Waals surface area contributed by atoms with Gasteiger partial charge in [-0.1, -0.05) is 24.6 Å². The third-order valence-electron chi connectivity index (χ3n) is 7.92.